The van der Waals surface area contributed by atoms with Gasteiger partial charge in [0.1, 0.15) is 5.56 Å². The maximum absolute atomic E-state index is 12.6. The molecule has 0 saturated heterocycles. The molecule has 6 heteroatoms. The number of rotatable bonds is 6. The fourth-order valence-electron chi connectivity index (χ4n) is 3.43. The minimum Gasteiger partial charge on any atom is -0.462 e. The van der Waals surface area contributed by atoms with Crippen LogP contribution in [0.1, 0.15) is 55.8 Å². The van der Waals surface area contributed by atoms with Crippen molar-refractivity contribution in [2.75, 3.05) is 11.9 Å². The fourth-order valence-corrected chi connectivity index (χ4v) is 3.43. The zero-order valence-corrected chi connectivity index (χ0v) is 15.1. The first-order valence-electron chi connectivity index (χ1n) is 9.29. The van der Waals surface area contributed by atoms with Crippen LogP contribution in [-0.4, -0.2) is 28.3 Å². The average molecular weight is 355 g/mol. The van der Waals surface area contributed by atoms with E-state index in [9.17, 15) is 9.59 Å². The first-order chi connectivity index (χ1) is 12.7. The molecule has 1 aromatic carbocycles. The number of ether oxygens (including phenoxy) is 1. The molecule has 1 saturated carbocycles. The zero-order valence-electron chi connectivity index (χ0n) is 15.1. The Balaban J connectivity index is 1.83. The number of hydrogen-bond acceptors (Lipinski definition) is 4. The average Bonchev–Trinajstić information content (AvgIpc) is 3.07. The molecule has 3 rings (SSSR count). The highest BCUT2D eigenvalue weighted by molar-refractivity contribution is 6.00. The summed E-state index contributed by atoms with van der Waals surface area (Å²) in [7, 11) is 0. The van der Waals surface area contributed by atoms with Crippen molar-refractivity contribution < 1.29 is 14.3 Å². The lowest BCUT2D eigenvalue weighted by atomic mass is 9.87. The molecule has 0 radical (unpaired) electrons. The van der Waals surface area contributed by atoms with E-state index in [1.165, 1.54) is 25.5 Å². The third-order valence-electron chi connectivity index (χ3n) is 4.72. The number of hydrogen-bond donors (Lipinski definition) is 1. The molecular weight excluding hydrogens is 330 g/mol. The molecule has 1 aliphatic rings. The van der Waals surface area contributed by atoms with Gasteiger partial charge in [0.2, 0.25) is 5.91 Å². The lowest BCUT2D eigenvalue weighted by Gasteiger charge is -2.21. The highest BCUT2D eigenvalue weighted by Crippen LogP contribution is 2.27. The molecule has 6 nitrogen and oxygen atoms in total. The van der Waals surface area contributed by atoms with Gasteiger partial charge < -0.3 is 10.1 Å². The van der Waals surface area contributed by atoms with Crippen LogP contribution in [0.2, 0.25) is 0 Å². The lowest BCUT2D eigenvalue weighted by molar-refractivity contribution is -0.117. The van der Waals surface area contributed by atoms with Crippen LogP contribution in [-0.2, 0) is 9.53 Å². The van der Waals surface area contributed by atoms with Gasteiger partial charge in [0.15, 0.2) is 5.82 Å². The summed E-state index contributed by atoms with van der Waals surface area (Å²) in [6.45, 7) is 2.02. The SMILES string of the molecule is CCOC(=O)c1cnn(-c2ccccc2)c1NC(=O)CC1CCCCC1. The highest BCUT2D eigenvalue weighted by Gasteiger charge is 2.23. The van der Waals surface area contributed by atoms with E-state index < -0.39 is 5.97 Å². The molecule has 0 spiro atoms. The van der Waals surface area contributed by atoms with E-state index in [-0.39, 0.29) is 18.1 Å². The van der Waals surface area contributed by atoms with Crippen LogP contribution < -0.4 is 5.32 Å². The molecule has 1 N–H and O–H groups in total. The second kappa shape index (κ2) is 8.65. The molecule has 0 atom stereocenters. The van der Waals surface area contributed by atoms with Crippen LogP contribution in [0.25, 0.3) is 5.69 Å². The number of nitrogens with one attached hydrogen (secondary N) is 1. The number of esters is 1. The largest absolute Gasteiger partial charge is 0.462 e. The third kappa shape index (κ3) is 4.31. The Kier molecular flexibility index (Phi) is 6.04. The molecule has 1 amide bonds. The Hall–Kier alpha value is -2.63. The molecule has 0 aliphatic heterocycles. The van der Waals surface area contributed by atoms with E-state index in [0.717, 1.165) is 18.5 Å². The van der Waals surface area contributed by atoms with Gasteiger partial charge in [0.05, 0.1) is 18.5 Å². The number of amides is 1. The second-order valence-electron chi connectivity index (χ2n) is 6.63. The molecule has 1 heterocycles. The first kappa shape index (κ1) is 18.2. The number of aromatic nitrogens is 2. The topological polar surface area (TPSA) is 73.2 Å². The molecule has 1 aromatic heterocycles. The standard InChI is InChI=1S/C20H25N3O3/c1-2-26-20(25)17-14-21-23(16-11-7-4-8-12-16)19(17)22-18(24)13-15-9-5-3-6-10-15/h4,7-8,11-12,14-15H,2-3,5-6,9-10,13H2,1H3,(H,22,24). The summed E-state index contributed by atoms with van der Waals surface area (Å²) in [5.41, 5.74) is 1.05. The van der Waals surface area contributed by atoms with E-state index in [4.69, 9.17) is 4.74 Å². The van der Waals surface area contributed by atoms with Crippen LogP contribution in [0.4, 0.5) is 5.82 Å². The van der Waals surface area contributed by atoms with Crippen molar-refractivity contribution in [3.63, 3.8) is 0 Å². The molecule has 0 bridgehead atoms. The number of benzene rings is 1. The number of nitrogens with zero attached hydrogens (tertiary/aromatic N) is 2. The van der Waals surface area contributed by atoms with Crippen molar-refractivity contribution in [3.8, 4) is 5.69 Å². The van der Waals surface area contributed by atoms with Crippen LogP contribution in [0.15, 0.2) is 36.5 Å². The maximum atomic E-state index is 12.6. The Morgan fingerprint density at radius 1 is 1.19 bits per heavy atom. The summed E-state index contributed by atoms with van der Waals surface area (Å²) in [4.78, 5) is 24.8. The van der Waals surface area contributed by atoms with E-state index in [2.05, 4.69) is 10.4 Å². The third-order valence-corrected chi connectivity index (χ3v) is 4.72. The number of carbonyl (C=O) groups is 2. The number of anilines is 1. The van der Waals surface area contributed by atoms with Gasteiger partial charge in [0.25, 0.3) is 0 Å². The molecule has 1 fully saturated rings. The van der Waals surface area contributed by atoms with E-state index in [1.807, 2.05) is 30.3 Å². The monoisotopic (exact) mass is 355 g/mol. The molecule has 26 heavy (non-hydrogen) atoms. The quantitative estimate of drug-likeness (QED) is 0.796. The van der Waals surface area contributed by atoms with Crippen molar-refractivity contribution in [2.45, 2.75) is 45.4 Å². The van der Waals surface area contributed by atoms with Gasteiger partial charge >= 0.3 is 5.97 Å². The Bertz CT molecular complexity index is 749. The minimum atomic E-state index is -0.484. The maximum Gasteiger partial charge on any atom is 0.343 e. The van der Waals surface area contributed by atoms with E-state index in [0.29, 0.717) is 18.2 Å². The van der Waals surface area contributed by atoms with Gasteiger partial charge in [-0.1, -0.05) is 37.5 Å². The minimum absolute atomic E-state index is 0.0832. The fraction of sp³-hybridized carbons (Fsp3) is 0.450. The number of carbonyl (C=O) groups excluding carboxylic acids is 2. The van der Waals surface area contributed by atoms with Gasteiger partial charge in [0, 0.05) is 6.42 Å². The summed E-state index contributed by atoms with van der Waals surface area (Å²) in [5.74, 6) is 0.223. The number of para-hydroxylation sites is 1. The van der Waals surface area contributed by atoms with Crippen molar-refractivity contribution in [1.82, 2.24) is 9.78 Å². The predicted octanol–water partition coefficient (Wildman–Crippen LogP) is 3.96. The van der Waals surface area contributed by atoms with E-state index >= 15 is 0 Å². The van der Waals surface area contributed by atoms with Gasteiger partial charge in [-0.15, -0.1) is 0 Å². The molecule has 138 valence electrons. The Morgan fingerprint density at radius 3 is 2.62 bits per heavy atom. The Morgan fingerprint density at radius 2 is 1.92 bits per heavy atom. The van der Waals surface area contributed by atoms with Gasteiger partial charge in [-0.3, -0.25) is 4.79 Å². The van der Waals surface area contributed by atoms with Crippen LogP contribution in [0.5, 0.6) is 0 Å². The highest BCUT2D eigenvalue weighted by atomic mass is 16.5. The van der Waals surface area contributed by atoms with Crippen LogP contribution in [0, 0.1) is 5.92 Å². The summed E-state index contributed by atoms with van der Waals surface area (Å²) < 4.78 is 6.68. The lowest BCUT2D eigenvalue weighted by Crippen LogP contribution is -2.21. The van der Waals surface area contributed by atoms with Crippen molar-refractivity contribution in [3.05, 3.63) is 42.1 Å². The molecular formula is C20H25N3O3. The van der Waals surface area contributed by atoms with Crippen LogP contribution >= 0.6 is 0 Å². The molecule has 1 aliphatic carbocycles. The normalized spacial score (nSPS) is 14.8. The zero-order chi connectivity index (χ0) is 18.4. The molecule has 2 aromatic rings. The summed E-state index contributed by atoms with van der Waals surface area (Å²) in [6.07, 6.45) is 7.74. The predicted molar refractivity (Wildman–Crippen MR) is 99.3 cm³/mol. The van der Waals surface area contributed by atoms with Crippen molar-refractivity contribution in [2.24, 2.45) is 5.92 Å². The van der Waals surface area contributed by atoms with Crippen molar-refractivity contribution in [1.29, 1.82) is 0 Å². The summed E-state index contributed by atoms with van der Waals surface area (Å²) in [5, 5.41) is 7.20. The van der Waals surface area contributed by atoms with Crippen molar-refractivity contribution >= 4 is 17.7 Å². The second-order valence-corrected chi connectivity index (χ2v) is 6.63. The smallest absolute Gasteiger partial charge is 0.343 e. The van der Waals surface area contributed by atoms with Gasteiger partial charge in [-0.2, -0.15) is 5.10 Å². The van der Waals surface area contributed by atoms with Gasteiger partial charge in [-0.25, -0.2) is 9.48 Å². The van der Waals surface area contributed by atoms with Crippen LogP contribution in [0.3, 0.4) is 0 Å². The van der Waals surface area contributed by atoms with Gasteiger partial charge in [-0.05, 0) is 37.8 Å². The first-order valence-corrected chi connectivity index (χ1v) is 9.29. The van der Waals surface area contributed by atoms with E-state index in [1.54, 1.807) is 11.6 Å². The summed E-state index contributed by atoms with van der Waals surface area (Å²) in [6, 6.07) is 9.42. The Labute approximate surface area is 153 Å². The molecule has 0 unspecified atom stereocenters. The summed E-state index contributed by atoms with van der Waals surface area (Å²) >= 11 is 0.